The Morgan fingerprint density at radius 3 is 2.58 bits per heavy atom. The van der Waals surface area contributed by atoms with E-state index >= 15 is 0 Å². The lowest BCUT2D eigenvalue weighted by Gasteiger charge is -2.28. The molecule has 0 heterocycles. The smallest absolute Gasteiger partial charge is 0.123 e. The van der Waals surface area contributed by atoms with Crippen molar-refractivity contribution in [1.82, 2.24) is 10.2 Å². The second kappa shape index (κ2) is 9.02. The van der Waals surface area contributed by atoms with E-state index in [1.807, 2.05) is 12.1 Å². The van der Waals surface area contributed by atoms with Crippen LogP contribution in [0, 0.1) is 5.82 Å². The molecule has 108 valence electrons. The molecule has 0 aliphatic heterocycles. The summed E-state index contributed by atoms with van der Waals surface area (Å²) in [6.45, 7) is 5.56. The van der Waals surface area contributed by atoms with Gasteiger partial charge in [-0.05, 0) is 37.7 Å². The quantitative estimate of drug-likeness (QED) is 0.695. The molecule has 0 spiro atoms. The molecule has 1 N–H and O–H groups in total. The summed E-state index contributed by atoms with van der Waals surface area (Å²) in [6, 6.07) is 6.99. The lowest BCUT2D eigenvalue weighted by Crippen LogP contribution is -2.42. The number of benzene rings is 1. The van der Waals surface area contributed by atoms with Crippen LogP contribution in [0.25, 0.3) is 0 Å². The summed E-state index contributed by atoms with van der Waals surface area (Å²) in [4.78, 5) is 2.24. The van der Waals surface area contributed by atoms with Gasteiger partial charge in [0.1, 0.15) is 5.82 Å². The van der Waals surface area contributed by atoms with E-state index < -0.39 is 0 Å². The first-order valence-electron chi connectivity index (χ1n) is 6.81. The van der Waals surface area contributed by atoms with Gasteiger partial charge in [-0.2, -0.15) is 0 Å². The first-order valence-corrected chi connectivity index (χ1v) is 6.81. The van der Waals surface area contributed by atoms with Gasteiger partial charge in [0.15, 0.2) is 0 Å². The first-order chi connectivity index (χ1) is 9.17. The largest absolute Gasteiger partial charge is 0.383 e. The normalized spacial score (nSPS) is 12.9. The SMILES string of the molecule is CCCNCC(COC)N(C)Cc1ccc(F)cc1. The summed E-state index contributed by atoms with van der Waals surface area (Å²) in [7, 11) is 3.79. The number of methoxy groups -OCH3 is 1. The molecule has 0 bridgehead atoms. The maximum atomic E-state index is 12.9. The minimum Gasteiger partial charge on any atom is -0.383 e. The molecule has 19 heavy (non-hydrogen) atoms. The van der Waals surface area contributed by atoms with Crippen molar-refractivity contribution < 1.29 is 9.13 Å². The summed E-state index contributed by atoms with van der Waals surface area (Å²) < 4.78 is 18.1. The molecule has 1 rings (SSSR count). The third-order valence-corrected chi connectivity index (χ3v) is 3.13. The molecule has 0 aliphatic rings. The minimum absolute atomic E-state index is 0.190. The Kier molecular flexibility index (Phi) is 7.63. The molecule has 1 aromatic carbocycles. The molecule has 4 heteroatoms. The Hall–Kier alpha value is -0.970. The summed E-state index contributed by atoms with van der Waals surface area (Å²) in [5.74, 6) is -0.190. The van der Waals surface area contributed by atoms with Gasteiger partial charge in [0.25, 0.3) is 0 Å². The van der Waals surface area contributed by atoms with E-state index in [0.717, 1.165) is 31.6 Å². The fourth-order valence-corrected chi connectivity index (χ4v) is 1.99. The van der Waals surface area contributed by atoms with E-state index in [-0.39, 0.29) is 5.82 Å². The highest BCUT2D eigenvalue weighted by molar-refractivity contribution is 5.15. The molecule has 0 aliphatic carbocycles. The Labute approximate surface area is 115 Å². The molecule has 0 saturated carbocycles. The zero-order valence-electron chi connectivity index (χ0n) is 12.2. The minimum atomic E-state index is -0.190. The maximum Gasteiger partial charge on any atom is 0.123 e. The number of ether oxygens (including phenoxy) is 1. The summed E-state index contributed by atoms with van der Waals surface area (Å²) in [5, 5.41) is 3.41. The van der Waals surface area contributed by atoms with Crippen LogP contribution in [0.4, 0.5) is 4.39 Å². The van der Waals surface area contributed by atoms with Crippen LogP contribution >= 0.6 is 0 Å². The lowest BCUT2D eigenvalue weighted by atomic mass is 10.2. The van der Waals surface area contributed by atoms with Crippen molar-refractivity contribution in [3.63, 3.8) is 0 Å². The molecule has 0 fully saturated rings. The van der Waals surface area contributed by atoms with Gasteiger partial charge in [0.2, 0.25) is 0 Å². The Morgan fingerprint density at radius 2 is 2.00 bits per heavy atom. The van der Waals surface area contributed by atoms with E-state index in [9.17, 15) is 4.39 Å². The van der Waals surface area contributed by atoms with Crippen molar-refractivity contribution in [2.24, 2.45) is 0 Å². The van der Waals surface area contributed by atoms with Crippen molar-refractivity contribution in [3.8, 4) is 0 Å². The van der Waals surface area contributed by atoms with E-state index in [4.69, 9.17) is 4.74 Å². The maximum absolute atomic E-state index is 12.9. The van der Waals surface area contributed by atoms with Gasteiger partial charge in [-0.1, -0.05) is 19.1 Å². The van der Waals surface area contributed by atoms with Crippen molar-refractivity contribution in [3.05, 3.63) is 35.6 Å². The lowest BCUT2D eigenvalue weighted by molar-refractivity contribution is 0.101. The van der Waals surface area contributed by atoms with Crippen LogP contribution in [-0.2, 0) is 11.3 Å². The number of nitrogens with zero attached hydrogens (tertiary/aromatic N) is 1. The number of rotatable bonds is 9. The Balaban J connectivity index is 2.50. The number of likely N-dealkylation sites (N-methyl/N-ethyl adjacent to an activating group) is 1. The predicted octanol–water partition coefficient (Wildman–Crippen LogP) is 2.27. The van der Waals surface area contributed by atoms with Crippen LogP contribution in [0.1, 0.15) is 18.9 Å². The van der Waals surface area contributed by atoms with E-state index in [1.165, 1.54) is 12.1 Å². The standard InChI is InChI=1S/C15H25FN2O/c1-4-9-17-10-15(12-19-3)18(2)11-13-5-7-14(16)8-6-13/h5-8,15,17H,4,9-12H2,1-3H3. The molecule has 1 unspecified atom stereocenters. The van der Waals surface area contributed by atoms with Crippen LogP contribution in [0.2, 0.25) is 0 Å². The molecule has 0 saturated heterocycles. The van der Waals surface area contributed by atoms with E-state index in [0.29, 0.717) is 12.6 Å². The summed E-state index contributed by atoms with van der Waals surface area (Å²) in [5.41, 5.74) is 1.11. The van der Waals surface area contributed by atoms with Crippen LogP contribution in [-0.4, -0.2) is 44.8 Å². The zero-order chi connectivity index (χ0) is 14.1. The van der Waals surface area contributed by atoms with Crippen molar-refractivity contribution in [1.29, 1.82) is 0 Å². The van der Waals surface area contributed by atoms with Gasteiger partial charge >= 0.3 is 0 Å². The van der Waals surface area contributed by atoms with E-state index in [1.54, 1.807) is 7.11 Å². The molecule has 0 aromatic heterocycles. The predicted molar refractivity (Wildman–Crippen MR) is 76.7 cm³/mol. The fourth-order valence-electron chi connectivity index (χ4n) is 1.99. The molecule has 3 nitrogen and oxygen atoms in total. The van der Waals surface area contributed by atoms with E-state index in [2.05, 4.69) is 24.2 Å². The van der Waals surface area contributed by atoms with Crippen LogP contribution in [0.15, 0.2) is 24.3 Å². The van der Waals surface area contributed by atoms with Crippen molar-refractivity contribution in [2.75, 3.05) is 33.9 Å². The molecule has 0 amide bonds. The Bertz CT molecular complexity index is 343. The number of nitrogens with one attached hydrogen (secondary N) is 1. The van der Waals surface area contributed by atoms with Crippen LogP contribution < -0.4 is 5.32 Å². The van der Waals surface area contributed by atoms with Gasteiger partial charge in [-0.15, -0.1) is 0 Å². The third-order valence-electron chi connectivity index (χ3n) is 3.13. The molecule has 1 atom stereocenters. The molecular formula is C15H25FN2O. The monoisotopic (exact) mass is 268 g/mol. The van der Waals surface area contributed by atoms with Gasteiger partial charge in [0, 0.05) is 26.2 Å². The number of halogens is 1. The van der Waals surface area contributed by atoms with Gasteiger partial charge in [-0.25, -0.2) is 4.39 Å². The number of hydrogen-bond acceptors (Lipinski definition) is 3. The highest BCUT2D eigenvalue weighted by Gasteiger charge is 2.14. The third kappa shape index (κ3) is 6.14. The molecule has 1 aromatic rings. The zero-order valence-corrected chi connectivity index (χ0v) is 12.2. The Morgan fingerprint density at radius 1 is 1.32 bits per heavy atom. The van der Waals surface area contributed by atoms with Gasteiger partial charge < -0.3 is 10.1 Å². The molecule has 0 radical (unpaired) electrons. The highest BCUT2D eigenvalue weighted by atomic mass is 19.1. The van der Waals surface area contributed by atoms with Crippen LogP contribution in [0.3, 0.4) is 0 Å². The molecular weight excluding hydrogens is 243 g/mol. The topological polar surface area (TPSA) is 24.5 Å². The van der Waals surface area contributed by atoms with Gasteiger partial charge in [0.05, 0.1) is 6.61 Å². The van der Waals surface area contributed by atoms with Crippen LogP contribution in [0.5, 0.6) is 0 Å². The second-order valence-corrected chi connectivity index (χ2v) is 4.85. The van der Waals surface area contributed by atoms with Crippen molar-refractivity contribution >= 4 is 0 Å². The van der Waals surface area contributed by atoms with Crippen molar-refractivity contribution in [2.45, 2.75) is 25.9 Å². The average Bonchev–Trinajstić information content (AvgIpc) is 2.40. The fraction of sp³-hybridized carbons (Fsp3) is 0.600. The second-order valence-electron chi connectivity index (χ2n) is 4.85. The first kappa shape index (κ1) is 16.1. The summed E-state index contributed by atoms with van der Waals surface area (Å²) in [6.07, 6.45) is 1.13. The van der Waals surface area contributed by atoms with Gasteiger partial charge in [-0.3, -0.25) is 4.90 Å². The average molecular weight is 268 g/mol. The number of hydrogen-bond donors (Lipinski definition) is 1. The summed E-state index contributed by atoms with van der Waals surface area (Å²) >= 11 is 0. The highest BCUT2D eigenvalue weighted by Crippen LogP contribution is 2.08.